The highest BCUT2D eigenvalue weighted by molar-refractivity contribution is 7.25. The van der Waals surface area contributed by atoms with Gasteiger partial charge in [0, 0.05) is 17.6 Å². The lowest BCUT2D eigenvalue weighted by Crippen LogP contribution is -2.02. The minimum absolute atomic E-state index is 0.603. The molecule has 3 heterocycles. The molecule has 0 unspecified atom stereocenters. The van der Waals surface area contributed by atoms with E-state index in [1.54, 1.807) is 17.7 Å². The van der Waals surface area contributed by atoms with Gasteiger partial charge >= 0.3 is 0 Å². The standard InChI is InChI=1S/C12H10N4S/c1-2-8-9-10(17-12(8)13-5-1)11(15-6-14-9)16-7-3-4-7/h1-2,5-7H,3-4H2,(H,14,15,16). The van der Waals surface area contributed by atoms with Crippen LogP contribution in [0.15, 0.2) is 24.7 Å². The van der Waals surface area contributed by atoms with Crippen LogP contribution in [-0.2, 0) is 0 Å². The zero-order valence-electron chi connectivity index (χ0n) is 9.05. The first kappa shape index (κ1) is 9.30. The van der Waals surface area contributed by atoms with Gasteiger partial charge in [-0.05, 0) is 25.0 Å². The highest BCUT2D eigenvalue weighted by atomic mass is 32.1. The van der Waals surface area contributed by atoms with Crippen LogP contribution in [-0.4, -0.2) is 21.0 Å². The molecule has 0 saturated heterocycles. The van der Waals surface area contributed by atoms with E-state index >= 15 is 0 Å². The highest BCUT2D eigenvalue weighted by Gasteiger charge is 2.23. The molecule has 1 aliphatic carbocycles. The van der Waals surface area contributed by atoms with E-state index in [1.807, 2.05) is 12.3 Å². The second kappa shape index (κ2) is 3.37. The molecule has 5 heteroatoms. The molecule has 0 aliphatic heterocycles. The molecule has 0 atom stereocenters. The summed E-state index contributed by atoms with van der Waals surface area (Å²) in [6, 6.07) is 4.62. The van der Waals surface area contributed by atoms with E-state index in [-0.39, 0.29) is 0 Å². The molecule has 84 valence electrons. The van der Waals surface area contributed by atoms with Gasteiger partial charge in [0.05, 0.1) is 10.2 Å². The van der Waals surface area contributed by atoms with E-state index < -0.39 is 0 Å². The lowest BCUT2D eigenvalue weighted by Gasteiger charge is -2.02. The van der Waals surface area contributed by atoms with Crippen molar-refractivity contribution in [2.24, 2.45) is 0 Å². The third-order valence-electron chi connectivity index (χ3n) is 2.95. The minimum atomic E-state index is 0.603. The number of hydrogen-bond donors (Lipinski definition) is 1. The molecule has 1 N–H and O–H groups in total. The Balaban J connectivity index is 2.01. The van der Waals surface area contributed by atoms with Crippen molar-refractivity contribution in [3.8, 4) is 0 Å². The maximum absolute atomic E-state index is 4.38. The zero-order valence-corrected chi connectivity index (χ0v) is 9.87. The molecule has 0 bridgehead atoms. The minimum Gasteiger partial charge on any atom is -0.366 e. The Morgan fingerprint density at radius 2 is 2.18 bits per heavy atom. The summed E-state index contributed by atoms with van der Waals surface area (Å²) in [5.74, 6) is 0.959. The van der Waals surface area contributed by atoms with Crippen molar-refractivity contribution in [2.75, 3.05) is 5.32 Å². The first-order chi connectivity index (χ1) is 8.42. The van der Waals surface area contributed by atoms with E-state index in [2.05, 4.69) is 26.3 Å². The number of rotatable bonds is 2. The first-order valence-corrected chi connectivity index (χ1v) is 6.48. The fourth-order valence-electron chi connectivity index (χ4n) is 1.94. The Labute approximate surface area is 102 Å². The quantitative estimate of drug-likeness (QED) is 0.750. The van der Waals surface area contributed by atoms with Gasteiger partial charge in [-0.15, -0.1) is 11.3 Å². The summed E-state index contributed by atoms with van der Waals surface area (Å²) in [6.45, 7) is 0. The Hall–Kier alpha value is -1.75. The Morgan fingerprint density at radius 3 is 3.06 bits per heavy atom. The molecule has 0 aromatic carbocycles. The van der Waals surface area contributed by atoms with E-state index in [1.165, 1.54) is 12.8 Å². The van der Waals surface area contributed by atoms with Crippen molar-refractivity contribution in [1.29, 1.82) is 0 Å². The molecule has 3 aromatic rings. The third kappa shape index (κ3) is 1.46. The highest BCUT2D eigenvalue weighted by Crippen LogP contribution is 2.36. The monoisotopic (exact) mass is 242 g/mol. The SMILES string of the molecule is c1cnc2sc3c(NC4CC4)ncnc3c2c1. The number of aromatic nitrogens is 3. The number of thiophene rings is 1. The molecule has 1 aliphatic rings. The van der Waals surface area contributed by atoms with E-state index in [0.29, 0.717) is 6.04 Å². The summed E-state index contributed by atoms with van der Waals surface area (Å²) < 4.78 is 1.12. The molecule has 0 amide bonds. The molecule has 4 rings (SSSR count). The summed E-state index contributed by atoms with van der Waals surface area (Å²) in [6.07, 6.45) is 5.94. The largest absolute Gasteiger partial charge is 0.366 e. The predicted octanol–water partition coefficient (Wildman–Crippen LogP) is 2.81. The third-order valence-corrected chi connectivity index (χ3v) is 4.06. The van der Waals surface area contributed by atoms with Crippen LogP contribution in [0.2, 0.25) is 0 Å². The van der Waals surface area contributed by atoms with Crippen LogP contribution < -0.4 is 5.32 Å². The number of hydrogen-bond acceptors (Lipinski definition) is 5. The van der Waals surface area contributed by atoms with Crippen molar-refractivity contribution < 1.29 is 0 Å². The lowest BCUT2D eigenvalue weighted by atomic mass is 10.3. The lowest BCUT2D eigenvalue weighted by molar-refractivity contribution is 1.11. The Kier molecular flexibility index (Phi) is 1.84. The second-order valence-electron chi connectivity index (χ2n) is 4.28. The number of anilines is 1. The molecule has 4 nitrogen and oxygen atoms in total. The van der Waals surface area contributed by atoms with Gasteiger partial charge in [0.2, 0.25) is 0 Å². The van der Waals surface area contributed by atoms with Crippen LogP contribution in [0.5, 0.6) is 0 Å². The first-order valence-electron chi connectivity index (χ1n) is 5.66. The van der Waals surface area contributed by atoms with Crippen molar-refractivity contribution in [2.45, 2.75) is 18.9 Å². The van der Waals surface area contributed by atoms with Gasteiger partial charge in [-0.3, -0.25) is 0 Å². The maximum atomic E-state index is 4.38. The average Bonchev–Trinajstić information content (AvgIpc) is 3.08. The van der Waals surface area contributed by atoms with Crippen molar-refractivity contribution in [3.63, 3.8) is 0 Å². The van der Waals surface area contributed by atoms with E-state index in [9.17, 15) is 0 Å². The zero-order chi connectivity index (χ0) is 11.2. The summed E-state index contributed by atoms with van der Waals surface area (Å²) in [4.78, 5) is 14.1. The smallest absolute Gasteiger partial charge is 0.147 e. The number of fused-ring (bicyclic) bond motifs is 3. The van der Waals surface area contributed by atoms with Crippen LogP contribution in [0.1, 0.15) is 12.8 Å². The average molecular weight is 242 g/mol. The van der Waals surface area contributed by atoms with Crippen LogP contribution >= 0.6 is 11.3 Å². The van der Waals surface area contributed by atoms with Gasteiger partial charge in [0.25, 0.3) is 0 Å². The number of nitrogens with one attached hydrogen (secondary N) is 1. The van der Waals surface area contributed by atoms with E-state index in [0.717, 1.165) is 26.3 Å². The summed E-state index contributed by atoms with van der Waals surface area (Å²) in [5.41, 5.74) is 1.01. The molecule has 0 spiro atoms. The van der Waals surface area contributed by atoms with Crippen LogP contribution in [0.25, 0.3) is 20.4 Å². The summed E-state index contributed by atoms with van der Waals surface area (Å²) in [7, 11) is 0. The van der Waals surface area contributed by atoms with Gasteiger partial charge in [-0.25, -0.2) is 15.0 Å². The molecule has 1 saturated carbocycles. The van der Waals surface area contributed by atoms with Gasteiger partial charge in [-0.1, -0.05) is 0 Å². The van der Waals surface area contributed by atoms with Crippen molar-refractivity contribution in [1.82, 2.24) is 15.0 Å². The summed E-state index contributed by atoms with van der Waals surface area (Å²) >= 11 is 1.66. The molecule has 0 radical (unpaired) electrons. The summed E-state index contributed by atoms with van der Waals surface area (Å²) in [5, 5.41) is 4.57. The predicted molar refractivity (Wildman–Crippen MR) is 69.4 cm³/mol. The molecular formula is C12H10N4S. The van der Waals surface area contributed by atoms with E-state index in [4.69, 9.17) is 0 Å². The molecule has 17 heavy (non-hydrogen) atoms. The van der Waals surface area contributed by atoms with Crippen molar-refractivity contribution in [3.05, 3.63) is 24.7 Å². The van der Waals surface area contributed by atoms with Crippen LogP contribution in [0.3, 0.4) is 0 Å². The number of pyridine rings is 1. The normalized spacial score (nSPS) is 15.5. The van der Waals surface area contributed by atoms with Gasteiger partial charge < -0.3 is 5.32 Å². The molecule has 1 fully saturated rings. The number of nitrogens with zero attached hydrogens (tertiary/aromatic N) is 3. The fraction of sp³-hybridized carbons (Fsp3) is 0.250. The van der Waals surface area contributed by atoms with Gasteiger partial charge in [-0.2, -0.15) is 0 Å². The van der Waals surface area contributed by atoms with Crippen LogP contribution in [0.4, 0.5) is 5.82 Å². The topological polar surface area (TPSA) is 50.7 Å². The van der Waals surface area contributed by atoms with Crippen molar-refractivity contribution >= 4 is 37.6 Å². The molecular weight excluding hydrogens is 232 g/mol. The fourth-order valence-corrected chi connectivity index (χ4v) is 2.98. The molecule has 3 aromatic heterocycles. The Bertz CT molecular complexity index is 702. The van der Waals surface area contributed by atoms with Gasteiger partial charge in [0.15, 0.2) is 0 Å². The Morgan fingerprint density at radius 1 is 1.24 bits per heavy atom. The van der Waals surface area contributed by atoms with Gasteiger partial charge in [0.1, 0.15) is 17.0 Å². The van der Waals surface area contributed by atoms with Crippen LogP contribution in [0, 0.1) is 0 Å². The maximum Gasteiger partial charge on any atom is 0.147 e. The second-order valence-corrected chi connectivity index (χ2v) is 5.28.